The van der Waals surface area contributed by atoms with Crippen LogP contribution in [0, 0.1) is 0 Å². The number of nitrogens with zero attached hydrogens (tertiary/aromatic N) is 3. The Bertz CT molecular complexity index is 587. The summed E-state index contributed by atoms with van der Waals surface area (Å²) in [6.45, 7) is 6.92. The van der Waals surface area contributed by atoms with Crippen LogP contribution < -0.4 is 4.74 Å². The van der Waals surface area contributed by atoms with Crippen LogP contribution in [0.5, 0.6) is 5.75 Å². The average molecular weight is 336 g/mol. The number of hydrogen-bond acceptors (Lipinski definition) is 4. The largest absolute Gasteiger partial charge is 0.492 e. The molecule has 0 saturated heterocycles. The molecule has 0 bridgehead atoms. The highest BCUT2D eigenvalue weighted by Gasteiger charge is 2.09. The van der Waals surface area contributed by atoms with Crippen LogP contribution in [0.2, 0.25) is 0 Å². The Morgan fingerprint density at radius 3 is 2.70 bits per heavy atom. The summed E-state index contributed by atoms with van der Waals surface area (Å²) in [6.07, 6.45) is 4.48. The minimum atomic E-state index is 0.277. The van der Waals surface area contributed by atoms with Crippen molar-refractivity contribution in [3.8, 4) is 17.0 Å². The third-order valence-electron chi connectivity index (χ3n) is 2.71. The first-order valence-corrected chi connectivity index (χ1v) is 7.52. The molecule has 106 valence electrons. The Morgan fingerprint density at radius 2 is 2.00 bits per heavy atom. The normalized spacial score (nSPS) is 10.8. The van der Waals surface area contributed by atoms with E-state index in [2.05, 4.69) is 51.7 Å². The SMILES string of the molecule is CCCOc1cncc(-c2cc(Br)nc(C(C)C)n2)c1. The summed E-state index contributed by atoms with van der Waals surface area (Å²) >= 11 is 3.44. The van der Waals surface area contributed by atoms with Gasteiger partial charge in [0.2, 0.25) is 0 Å². The van der Waals surface area contributed by atoms with Gasteiger partial charge in [0.05, 0.1) is 18.5 Å². The fraction of sp³-hybridized carbons (Fsp3) is 0.400. The average Bonchev–Trinajstić information content (AvgIpc) is 2.44. The zero-order valence-corrected chi connectivity index (χ0v) is 13.5. The topological polar surface area (TPSA) is 47.9 Å². The highest BCUT2D eigenvalue weighted by molar-refractivity contribution is 9.10. The summed E-state index contributed by atoms with van der Waals surface area (Å²) in [5.74, 6) is 1.86. The molecule has 0 aliphatic carbocycles. The monoisotopic (exact) mass is 335 g/mol. The lowest BCUT2D eigenvalue weighted by Gasteiger charge is -2.09. The molecule has 2 aromatic rings. The Morgan fingerprint density at radius 1 is 1.20 bits per heavy atom. The zero-order valence-electron chi connectivity index (χ0n) is 11.9. The van der Waals surface area contributed by atoms with Gasteiger partial charge in [-0.3, -0.25) is 4.98 Å². The molecule has 0 radical (unpaired) electrons. The van der Waals surface area contributed by atoms with Crippen molar-refractivity contribution in [3.05, 3.63) is 35.0 Å². The number of halogens is 1. The van der Waals surface area contributed by atoms with Crippen LogP contribution in [0.1, 0.15) is 38.9 Å². The maximum atomic E-state index is 5.61. The molecule has 0 atom stereocenters. The second-order valence-electron chi connectivity index (χ2n) is 4.85. The summed E-state index contributed by atoms with van der Waals surface area (Å²) in [7, 11) is 0. The zero-order chi connectivity index (χ0) is 14.5. The smallest absolute Gasteiger partial charge is 0.138 e. The van der Waals surface area contributed by atoms with Crippen molar-refractivity contribution < 1.29 is 4.74 Å². The van der Waals surface area contributed by atoms with Crippen molar-refractivity contribution >= 4 is 15.9 Å². The lowest BCUT2D eigenvalue weighted by atomic mass is 10.1. The van der Waals surface area contributed by atoms with Crippen LogP contribution in [0.15, 0.2) is 29.1 Å². The van der Waals surface area contributed by atoms with Crippen molar-refractivity contribution in [1.82, 2.24) is 15.0 Å². The van der Waals surface area contributed by atoms with Crippen molar-refractivity contribution in [3.63, 3.8) is 0 Å². The quantitative estimate of drug-likeness (QED) is 0.767. The molecule has 0 saturated carbocycles. The third-order valence-corrected chi connectivity index (χ3v) is 3.12. The number of hydrogen-bond donors (Lipinski definition) is 0. The fourth-order valence-corrected chi connectivity index (χ4v) is 2.10. The molecular weight excluding hydrogens is 318 g/mol. The van der Waals surface area contributed by atoms with Crippen LogP contribution in [0.3, 0.4) is 0 Å². The van der Waals surface area contributed by atoms with E-state index in [1.807, 2.05) is 12.1 Å². The summed E-state index contributed by atoms with van der Waals surface area (Å²) in [6, 6.07) is 3.86. The molecule has 0 fully saturated rings. The van der Waals surface area contributed by atoms with Gasteiger partial charge in [-0.1, -0.05) is 20.8 Å². The maximum absolute atomic E-state index is 5.61. The minimum Gasteiger partial charge on any atom is -0.492 e. The Hall–Kier alpha value is -1.49. The van der Waals surface area contributed by atoms with Crippen molar-refractivity contribution in [2.75, 3.05) is 6.61 Å². The second-order valence-corrected chi connectivity index (χ2v) is 5.66. The number of ether oxygens (including phenoxy) is 1. The van der Waals surface area contributed by atoms with E-state index >= 15 is 0 Å². The predicted octanol–water partition coefficient (Wildman–Crippen LogP) is 4.21. The van der Waals surface area contributed by atoms with E-state index in [4.69, 9.17) is 4.74 Å². The van der Waals surface area contributed by atoms with Crippen LogP contribution in [-0.4, -0.2) is 21.6 Å². The first-order valence-electron chi connectivity index (χ1n) is 6.73. The molecule has 0 unspecified atom stereocenters. The molecule has 0 aliphatic heterocycles. The van der Waals surface area contributed by atoms with Gasteiger partial charge >= 0.3 is 0 Å². The number of aromatic nitrogens is 3. The molecule has 2 aromatic heterocycles. The standard InChI is InChI=1S/C15H18BrN3O/c1-4-5-20-12-6-11(8-17-9-12)13-7-14(16)19-15(18-13)10(2)3/h6-10H,4-5H2,1-3H3. The predicted molar refractivity (Wildman–Crippen MR) is 82.8 cm³/mol. The van der Waals surface area contributed by atoms with Gasteiger partial charge < -0.3 is 4.74 Å². The molecule has 0 aromatic carbocycles. The Labute approximate surface area is 127 Å². The number of pyridine rings is 1. The molecule has 0 spiro atoms. The van der Waals surface area contributed by atoms with E-state index in [1.165, 1.54) is 0 Å². The molecule has 0 N–H and O–H groups in total. The van der Waals surface area contributed by atoms with Gasteiger partial charge in [0.25, 0.3) is 0 Å². The Kier molecular flexibility index (Phi) is 5.06. The highest BCUT2D eigenvalue weighted by atomic mass is 79.9. The van der Waals surface area contributed by atoms with E-state index in [1.54, 1.807) is 12.4 Å². The Balaban J connectivity index is 2.35. The van der Waals surface area contributed by atoms with Gasteiger partial charge in [0, 0.05) is 17.7 Å². The van der Waals surface area contributed by atoms with E-state index in [9.17, 15) is 0 Å². The second kappa shape index (κ2) is 6.79. The first-order chi connectivity index (χ1) is 9.60. The molecule has 2 heterocycles. The molecule has 0 aliphatic rings. The molecule has 5 heteroatoms. The maximum Gasteiger partial charge on any atom is 0.138 e. The van der Waals surface area contributed by atoms with E-state index in [0.29, 0.717) is 6.61 Å². The van der Waals surface area contributed by atoms with Crippen LogP contribution in [0.25, 0.3) is 11.3 Å². The molecule has 4 nitrogen and oxygen atoms in total. The van der Waals surface area contributed by atoms with Crippen LogP contribution in [-0.2, 0) is 0 Å². The summed E-state index contributed by atoms with van der Waals surface area (Å²) < 4.78 is 6.39. The van der Waals surface area contributed by atoms with Gasteiger partial charge in [-0.25, -0.2) is 9.97 Å². The first kappa shape index (κ1) is 14.9. The fourth-order valence-electron chi connectivity index (χ4n) is 1.70. The number of rotatable bonds is 5. The van der Waals surface area contributed by atoms with Gasteiger partial charge in [-0.05, 0) is 34.5 Å². The minimum absolute atomic E-state index is 0.277. The molecule has 20 heavy (non-hydrogen) atoms. The van der Waals surface area contributed by atoms with E-state index in [0.717, 1.165) is 33.9 Å². The summed E-state index contributed by atoms with van der Waals surface area (Å²) in [4.78, 5) is 13.2. The summed E-state index contributed by atoms with van der Waals surface area (Å²) in [5.41, 5.74) is 1.79. The van der Waals surface area contributed by atoms with Crippen LogP contribution in [0.4, 0.5) is 0 Å². The lowest BCUT2D eigenvalue weighted by molar-refractivity contribution is 0.316. The highest BCUT2D eigenvalue weighted by Crippen LogP contribution is 2.24. The van der Waals surface area contributed by atoms with Gasteiger partial charge in [-0.2, -0.15) is 0 Å². The van der Waals surface area contributed by atoms with Gasteiger partial charge in [-0.15, -0.1) is 0 Å². The van der Waals surface area contributed by atoms with Gasteiger partial charge in [0.15, 0.2) is 0 Å². The third kappa shape index (κ3) is 3.76. The van der Waals surface area contributed by atoms with E-state index in [-0.39, 0.29) is 5.92 Å². The summed E-state index contributed by atoms with van der Waals surface area (Å²) in [5, 5.41) is 0. The van der Waals surface area contributed by atoms with Crippen molar-refractivity contribution in [2.24, 2.45) is 0 Å². The molecular formula is C15H18BrN3O. The molecule has 2 rings (SSSR count). The van der Waals surface area contributed by atoms with Gasteiger partial charge in [0.1, 0.15) is 16.2 Å². The van der Waals surface area contributed by atoms with E-state index < -0.39 is 0 Å². The van der Waals surface area contributed by atoms with Crippen molar-refractivity contribution in [2.45, 2.75) is 33.1 Å². The van der Waals surface area contributed by atoms with Crippen LogP contribution >= 0.6 is 15.9 Å². The molecule has 0 amide bonds. The van der Waals surface area contributed by atoms with Crippen molar-refractivity contribution in [1.29, 1.82) is 0 Å². The lowest BCUT2D eigenvalue weighted by Crippen LogP contribution is -2.00.